The van der Waals surface area contributed by atoms with Crippen molar-refractivity contribution < 1.29 is 4.74 Å². The zero-order chi connectivity index (χ0) is 10.8. The van der Waals surface area contributed by atoms with Crippen molar-refractivity contribution in [1.29, 1.82) is 0 Å². The topological polar surface area (TPSA) is 9.23 Å². The molecule has 1 saturated heterocycles. The molecule has 1 heteroatoms. The van der Waals surface area contributed by atoms with Crippen LogP contribution in [0.5, 0.6) is 0 Å². The molecule has 1 aliphatic heterocycles. The first-order chi connectivity index (χ1) is 7.16. The minimum absolute atomic E-state index is 0.436. The number of ether oxygens (including phenoxy) is 1. The molecule has 2 rings (SSSR count). The van der Waals surface area contributed by atoms with Gasteiger partial charge in [-0.3, -0.25) is 0 Å². The Kier molecular flexibility index (Phi) is 3.30. The number of allylic oxidation sites excluding steroid dienone is 2. The van der Waals surface area contributed by atoms with Crippen molar-refractivity contribution in [1.82, 2.24) is 0 Å². The summed E-state index contributed by atoms with van der Waals surface area (Å²) < 4.78 is 5.90. The third kappa shape index (κ3) is 2.52. The molecule has 0 aromatic heterocycles. The van der Waals surface area contributed by atoms with E-state index in [1.165, 1.54) is 18.4 Å². The molecule has 3 unspecified atom stereocenters. The number of hydrogen-bond donors (Lipinski definition) is 0. The molecule has 0 bridgehead atoms. The van der Waals surface area contributed by atoms with Gasteiger partial charge in [-0.15, -0.1) is 0 Å². The summed E-state index contributed by atoms with van der Waals surface area (Å²) >= 11 is 0. The van der Waals surface area contributed by atoms with Crippen LogP contribution in [0.25, 0.3) is 0 Å². The van der Waals surface area contributed by atoms with Gasteiger partial charge in [0.1, 0.15) is 0 Å². The summed E-state index contributed by atoms with van der Waals surface area (Å²) in [6, 6.07) is 0. The van der Waals surface area contributed by atoms with Crippen molar-refractivity contribution in [2.75, 3.05) is 6.61 Å². The van der Waals surface area contributed by atoms with Crippen molar-refractivity contribution in [2.24, 2.45) is 11.8 Å². The van der Waals surface area contributed by atoms with Gasteiger partial charge in [-0.2, -0.15) is 0 Å². The molecule has 0 aromatic rings. The molecule has 84 valence electrons. The first kappa shape index (κ1) is 10.9. The minimum Gasteiger partial charge on any atom is -0.377 e. The number of hydrogen-bond acceptors (Lipinski definition) is 1. The van der Waals surface area contributed by atoms with Crippen LogP contribution in [0.1, 0.15) is 39.5 Å². The molecule has 15 heavy (non-hydrogen) atoms. The zero-order valence-electron chi connectivity index (χ0n) is 9.96. The van der Waals surface area contributed by atoms with Gasteiger partial charge in [-0.25, -0.2) is 0 Å². The van der Waals surface area contributed by atoms with Crippen molar-refractivity contribution in [3.8, 4) is 0 Å². The largest absolute Gasteiger partial charge is 0.377 e. The van der Waals surface area contributed by atoms with E-state index in [1.54, 1.807) is 5.57 Å². The Hall–Kier alpha value is -0.560. The van der Waals surface area contributed by atoms with Crippen LogP contribution in [0.4, 0.5) is 0 Å². The maximum absolute atomic E-state index is 5.90. The van der Waals surface area contributed by atoms with Gasteiger partial charge < -0.3 is 4.74 Å². The molecule has 0 N–H and O–H groups in total. The Morgan fingerprint density at radius 3 is 2.87 bits per heavy atom. The van der Waals surface area contributed by atoms with Crippen LogP contribution in [-0.2, 0) is 4.74 Å². The average molecular weight is 206 g/mol. The fourth-order valence-electron chi connectivity index (χ4n) is 2.91. The Morgan fingerprint density at radius 1 is 1.40 bits per heavy atom. The summed E-state index contributed by atoms with van der Waals surface area (Å²) in [5.41, 5.74) is 2.93. The highest BCUT2D eigenvalue weighted by molar-refractivity contribution is 5.09. The number of rotatable bonds is 1. The molecule has 1 heterocycles. The second-order valence-corrected chi connectivity index (χ2v) is 5.19. The van der Waals surface area contributed by atoms with Crippen LogP contribution in [0.3, 0.4) is 0 Å². The van der Waals surface area contributed by atoms with Gasteiger partial charge in [0.2, 0.25) is 0 Å². The monoisotopic (exact) mass is 206 g/mol. The van der Waals surface area contributed by atoms with Crippen molar-refractivity contribution >= 4 is 0 Å². The molecule has 1 aliphatic carbocycles. The molecule has 0 spiro atoms. The smallest absolute Gasteiger partial charge is 0.0646 e. The highest BCUT2D eigenvalue weighted by atomic mass is 16.5. The molecule has 0 amide bonds. The van der Waals surface area contributed by atoms with E-state index in [2.05, 4.69) is 26.5 Å². The third-order valence-electron chi connectivity index (χ3n) is 3.85. The summed E-state index contributed by atoms with van der Waals surface area (Å²) in [7, 11) is 0. The third-order valence-corrected chi connectivity index (χ3v) is 3.85. The van der Waals surface area contributed by atoms with Crippen molar-refractivity contribution in [3.63, 3.8) is 0 Å². The SMILES string of the molecule is C=C1CCOC(C2CCC(C)=CC2C)C1. The van der Waals surface area contributed by atoms with E-state index in [0.29, 0.717) is 17.9 Å². The lowest BCUT2D eigenvalue weighted by molar-refractivity contribution is -0.0178. The molecule has 3 atom stereocenters. The highest BCUT2D eigenvalue weighted by Crippen LogP contribution is 2.36. The van der Waals surface area contributed by atoms with Crippen LogP contribution in [0, 0.1) is 11.8 Å². The quantitative estimate of drug-likeness (QED) is 0.594. The second-order valence-electron chi connectivity index (χ2n) is 5.19. The normalized spacial score (nSPS) is 37.6. The van der Waals surface area contributed by atoms with Gasteiger partial charge >= 0.3 is 0 Å². The molecular formula is C14H22O. The maximum Gasteiger partial charge on any atom is 0.0646 e. The van der Waals surface area contributed by atoms with E-state index in [1.807, 2.05) is 0 Å². The lowest BCUT2D eigenvalue weighted by Gasteiger charge is -2.36. The summed E-state index contributed by atoms with van der Waals surface area (Å²) in [5, 5.41) is 0. The van der Waals surface area contributed by atoms with E-state index in [4.69, 9.17) is 4.74 Å². The average Bonchev–Trinajstić information content (AvgIpc) is 2.17. The maximum atomic E-state index is 5.90. The van der Waals surface area contributed by atoms with Crippen LogP contribution in [0.2, 0.25) is 0 Å². The van der Waals surface area contributed by atoms with Crippen LogP contribution < -0.4 is 0 Å². The Labute approximate surface area is 93.2 Å². The standard InChI is InChI=1S/C14H22O/c1-10-4-5-13(12(3)8-10)14-9-11(2)6-7-15-14/h8,12-14H,2,4-7,9H2,1,3H3. The van der Waals surface area contributed by atoms with E-state index in [0.717, 1.165) is 19.4 Å². The lowest BCUT2D eigenvalue weighted by Crippen LogP contribution is -2.33. The zero-order valence-corrected chi connectivity index (χ0v) is 9.96. The first-order valence-electron chi connectivity index (χ1n) is 6.12. The summed E-state index contributed by atoms with van der Waals surface area (Å²) in [5.74, 6) is 1.39. The van der Waals surface area contributed by atoms with Crippen LogP contribution in [-0.4, -0.2) is 12.7 Å². The van der Waals surface area contributed by atoms with Gasteiger partial charge in [0.25, 0.3) is 0 Å². The van der Waals surface area contributed by atoms with E-state index < -0.39 is 0 Å². The molecule has 1 nitrogen and oxygen atoms in total. The van der Waals surface area contributed by atoms with Crippen molar-refractivity contribution in [2.45, 2.75) is 45.6 Å². The molecule has 1 fully saturated rings. The van der Waals surface area contributed by atoms with E-state index in [9.17, 15) is 0 Å². The highest BCUT2D eigenvalue weighted by Gasteiger charge is 2.30. The molecule has 0 aromatic carbocycles. The molecule has 0 saturated carbocycles. The van der Waals surface area contributed by atoms with Gasteiger partial charge in [-0.1, -0.05) is 30.7 Å². The summed E-state index contributed by atoms with van der Waals surface area (Å²) in [6.07, 6.45) is 7.55. The first-order valence-corrected chi connectivity index (χ1v) is 6.12. The molecular weight excluding hydrogens is 184 g/mol. The van der Waals surface area contributed by atoms with Crippen molar-refractivity contribution in [3.05, 3.63) is 23.8 Å². The van der Waals surface area contributed by atoms with Crippen LogP contribution in [0.15, 0.2) is 23.8 Å². The fraction of sp³-hybridized carbons (Fsp3) is 0.714. The van der Waals surface area contributed by atoms with Crippen LogP contribution >= 0.6 is 0 Å². The molecule has 2 aliphatic rings. The Morgan fingerprint density at radius 2 is 2.20 bits per heavy atom. The van der Waals surface area contributed by atoms with Gasteiger partial charge in [0, 0.05) is 0 Å². The van der Waals surface area contributed by atoms with Gasteiger partial charge in [-0.05, 0) is 44.4 Å². The predicted molar refractivity (Wildman–Crippen MR) is 63.8 cm³/mol. The summed E-state index contributed by atoms with van der Waals surface area (Å²) in [6.45, 7) is 9.56. The Balaban J connectivity index is 2.01. The van der Waals surface area contributed by atoms with E-state index in [-0.39, 0.29) is 0 Å². The van der Waals surface area contributed by atoms with E-state index >= 15 is 0 Å². The molecule has 0 radical (unpaired) electrons. The van der Waals surface area contributed by atoms with Gasteiger partial charge in [0.05, 0.1) is 12.7 Å². The predicted octanol–water partition coefficient (Wildman–Crippen LogP) is 3.71. The fourth-order valence-corrected chi connectivity index (χ4v) is 2.91. The second kappa shape index (κ2) is 4.52. The lowest BCUT2D eigenvalue weighted by atomic mass is 9.76. The minimum atomic E-state index is 0.436. The summed E-state index contributed by atoms with van der Waals surface area (Å²) in [4.78, 5) is 0. The van der Waals surface area contributed by atoms with Gasteiger partial charge in [0.15, 0.2) is 0 Å². The Bertz CT molecular complexity index is 277.